The van der Waals surface area contributed by atoms with Crippen LogP contribution in [0.3, 0.4) is 0 Å². The monoisotopic (exact) mass is 272 g/mol. The molecule has 15 heavy (non-hydrogen) atoms. The van der Waals surface area contributed by atoms with Crippen molar-refractivity contribution in [3.8, 4) is 11.5 Å². The van der Waals surface area contributed by atoms with Crippen LogP contribution in [0, 0.1) is 0 Å². The normalized spacial score (nSPS) is 9.87. The second-order valence-electron chi connectivity index (χ2n) is 3.14. The minimum atomic E-state index is 0.0854. The zero-order valence-corrected chi connectivity index (χ0v) is 10.6. The Morgan fingerprint density at radius 3 is 2.47 bits per heavy atom. The number of carbonyl (C=O) groups excluding carboxylic acids is 1. The Morgan fingerprint density at radius 1 is 1.33 bits per heavy atom. The van der Waals surface area contributed by atoms with Gasteiger partial charge in [0.1, 0.15) is 5.78 Å². The van der Waals surface area contributed by atoms with Gasteiger partial charge in [-0.3, -0.25) is 4.79 Å². The van der Waals surface area contributed by atoms with Crippen LogP contribution in [0.25, 0.3) is 0 Å². The third-order valence-corrected chi connectivity index (χ3v) is 2.76. The molecule has 0 bridgehead atoms. The lowest BCUT2D eigenvalue weighted by atomic mass is 10.1. The van der Waals surface area contributed by atoms with Crippen LogP contribution in [0.5, 0.6) is 11.5 Å². The van der Waals surface area contributed by atoms with Gasteiger partial charge in [0.25, 0.3) is 0 Å². The summed E-state index contributed by atoms with van der Waals surface area (Å²) in [7, 11) is 3.14. The molecule has 0 N–H and O–H groups in total. The van der Waals surface area contributed by atoms with E-state index in [0.29, 0.717) is 17.9 Å². The molecule has 0 aliphatic heterocycles. The van der Waals surface area contributed by atoms with Gasteiger partial charge in [-0.15, -0.1) is 0 Å². The molecule has 0 aromatic heterocycles. The number of carbonyl (C=O) groups is 1. The van der Waals surface area contributed by atoms with Crippen LogP contribution >= 0.6 is 15.9 Å². The second-order valence-corrected chi connectivity index (χ2v) is 3.99. The molecular formula is C11H13BrO3. The van der Waals surface area contributed by atoms with E-state index in [1.807, 2.05) is 6.07 Å². The summed E-state index contributed by atoms with van der Waals surface area (Å²) in [4.78, 5) is 11.1. The molecule has 0 unspecified atom stereocenters. The first kappa shape index (κ1) is 12.0. The van der Waals surface area contributed by atoms with Crippen LogP contribution < -0.4 is 9.47 Å². The lowest BCUT2D eigenvalue weighted by Crippen LogP contribution is -2.02. The third kappa shape index (κ3) is 2.72. The molecular weight excluding hydrogens is 260 g/mol. The number of ketones is 1. The first-order valence-corrected chi connectivity index (χ1v) is 5.28. The number of methoxy groups -OCH3 is 2. The number of hydrogen-bond donors (Lipinski definition) is 0. The highest BCUT2D eigenvalue weighted by Crippen LogP contribution is 2.36. The quantitative estimate of drug-likeness (QED) is 0.845. The number of benzene rings is 1. The van der Waals surface area contributed by atoms with Crippen molar-refractivity contribution in [2.45, 2.75) is 13.3 Å². The number of halogens is 1. The van der Waals surface area contributed by atoms with Gasteiger partial charge in [-0.1, -0.05) is 15.9 Å². The maximum absolute atomic E-state index is 11.1. The average molecular weight is 273 g/mol. The van der Waals surface area contributed by atoms with Crippen molar-refractivity contribution < 1.29 is 14.3 Å². The summed E-state index contributed by atoms with van der Waals surface area (Å²) in [6.45, 7) is 1.55. The fraction of sp³-hybridized carbons (Fsp3) is 0.364. The Bertz CT molecular complexity index is 374. The Kier molecular flexibility index (Phi) is 4.15. The van der Waals surface area contributed by atoms with Gasteiger partial charge in [0.2, 0.25) is 0 Å². The van der Waals surface area contributed by atoms with Crippen LogP contribution in [-0.2, 0) is 11.2 Å². The molecule has 0 fully saturated rings. The first-order valence-electron chi connectivity index (χ1n) is 4.49. The standard InChI is InChI=1S/C11H13BrO3/c1-7(13)6-8-9(12)4-5-10(14-2)11(8)15-3/h4-5H,6H2,1-3H3. The summed E-state index contributed by atoms with van der Waals surface area (Å²) in [5, 5.41) is 0. The van der Waals surface area contributed by atoms with E-state index in [4.69, 9.17) is 9.47 Å². The molecule has 0 saturated carbocycles. The van der Waals surface area contributed by atoms with Crippen LogP contribution in [0.1, 0.15) is 12.5 Å². The molecule has 0 aliphatic carbocycles. The highest BCUT2D eigenvalue weighted by Gasteiger charge is 2.14. The molecule has 0 aliphatic rings. The van der Waals surface area contributed by atoms with Crippen LogP contribution in [0.15, 0.2) is 16.6 Å². The zero-order chi connectivity index (χ0) is 11.4. The molecule has 0 spiro atoms. The van der Waals surface area contributed by atoms with E-state index >= 15 is 0 Å². The topological polar surface area (TPSA) is 35.5 Å². The Labute approximate surface area is 97.5 Å². The molecule has 1 aromatic rings. The Hall–Kier alpha value is -1.03. The summed E-state index contributed by atoms with van der Waals surface area (Å²) in [6, 6.07) is 3.65. The van der Waals surface area contributed by atoms with E-state index in [9.17, 15) is 4.79 Å². The van der Waals surface area contributed by atoms with Gasteiger partial charge in [-0.2, -0.15) is 0 Å². The van der Waals surface area contributed by atoms with Gasteiger partial charge in [0.05, 0.1) is 14.2 Å². The lowest BCUT2D eigenvalue weighted by Gasteiger charge is -2.13. The van der Waals surface area contributed by atoms with Crippen molar-refractivity contribution in [2.75, 3.05) is 14.2 Å². The summed E-state index contributed by atoms with van der Waals surface area (Å²) >= 11 is 3.39. The van der Waals surface area contributed by atoms with Crippen LogP contribution in [0.2, 0.25) is 0 Å². The lowest BCUT2D eigenvalue weighted by molar-refractivity contribution is -0.116. The van der Waals surface area contributed by atoms with Gasteiger partial charge in [-0.05, 0) is 19.1 Å². The molecule has 1 aromatic carbocycles. The number of rotatable bonds is 4. The molecule has 0 amide bonds. The van der Waals surface area contributed by atoms with Crippen molar-refractivity contribution in [3.05, 3.63) is 22.2 Å². The van der Waals surface area contributed by atoms with E-state index in [0.717, 1.165) is 10.0 Å². The molecule has 82 valence electrons. The van der Waals surface area contributed by atoms with Crippen molar-refractivity contribution in [1.29, 1.82) is 0 Å². The molecule has 0 saturated heterocycles. The van der Waals surface area contributed by atoms with E-state index in [1.54, 1.807) is 27.2 Å². The van der Waals surface area contributed by atoms with E-state index in [1.165, 1.54) is 0 Å². The van der Waals surface area contributed by atoms with Crippen molar-refractivity contribution in [3.63, 3.8) is 0 Å². The molecule has 0 radical (unpaired) electrons. The molecule has 1 rings (SSSR count). The molecule has 0 atom stereocenters. The largest absolute Gasteiger partial charge is 0.493 e. The van der Waals surface area contributed by atoms with Crippen LogP contribution in [0.4, 0.5) is 0 Å². The van der Waals surface area contributed by atoms with Gasteiger partial charge < -0.3 is 9.47 Å². The predicted molar refractivity (Wildman–Crippen MR) is 61.6 cm³/mol. The molecule has 4 heteroatoms. The minimum absolute atomic E-state index is 0.0854. The van der Waals surface area contributed by atoms with E-state index in [-0.39, 0.29) is 5.78 Å². The maximum atomic E-state index is 11.1. The zero-order valence-electron chi connectivity index (χ0n) is 8.96. The first-order chi connectivity index (χ1) is 7.10. The fourth-order valence-corrected chi connectivity index (χ4v) is 1.83. The van der Waals surface area contributed by atoms with E-state index in [2.05, 4.69) is 15.9 Å². The highest BCUT2D eigenvalue weighted by atomic mass is 79.9. The van der Waals surface area contributed by atoms with Gasteiger partial charge in [0.15, 0.2) is 11.5 Å². The van der Waals surface area contributed by atoms with Crippen molar-refractivity contribution in [1.82, 2.24) is 0 Å². The third-order valence-electron chi connectivity index (χ3n) is 2.02. The summed E-state index contributed by atoms with van der Waals surface area (Å²) in [5.74, 6) is 1.33. The predicted octanol–water partition coefficient (Wildman–Crippen LogP) is 2.60. The summed E-state index contributed by atoms with van der Waals surface area (Å²) < 4.78 is 11.3. The van der Waals surface area contributed by atoms with Crippen molar-refractivity contribution in [2.24, 2.45) is 0 Å². The van der Waals surface area contributed by atoms with Crippen LogP contribution in [-0.4, -0.2) is 20.0 Å². The molecule has 0 heterocycles. The highest BCUT2D eigenvalue weighted by molar-refractivity contribution is 9.10. The number of ether oxygens (including phenoxy) is 2. The fourth-order valence-electron chi connectivity index (χ4n) is 1.38. The smallest absolute Gasteiger partial charge is 0.165 e. The maximum Gasteiger partial charge on any atom is 0.165 e. The Morgan fingerprint density at radius 2 is 2.00 bits per heavy atom. The van der Waals surface area contributed by atoms with E-state index < -0.39 is 0 Å². The average Bonchev–Trinajstić information content (AvgIpc) is 2.20. The second kappa shape index (κ2) is 5.16. The SMILES string of the molecule is COc1ccc(Br)c(CC(C)=O)c1OC. The minimum Gasteiger partial charge on any atom is -0.493 e. The van der Waals surface area contributed by atoms with Crippen molar-refractivity contribution >= 4 is 21.7 Å². The summed E-state index contributed by atoms with van der Waals surface area (Å²) in [6.07, 6.45) is 0.334. The van der Waals surface area contributed by atoms with Gasteiger partial charge in [-0.25, -0.2) is 0 Å². The van der Waals surface area contributed by atoms with Gasteiger partial charge in [0, 0.05) is 16.5 Å². The number of hydrogen-bond acceptors (Lipinski definition) is 3. The Balaban J connectivity index is 3.25. The van der Waals surface area contributed by atoms with Gasteiger partial charge >= 0.3 is 0 Å². The molecule has 3 nitrogen and oxygen atoms in total. The summed E-state index contributed by atoms with van der Waals surface area (Å²) in [5.41, 5.74) is 0.823. The number of Topliss-reactive ketones (excluding diaryl/α,β-unsaturated/α-hetero) is 1.